The van der Waals surface area contributed by atoms with E-state index in [1.54, 1.807) is 0 Å². The number of fused-ring (bicyclic) bond motifs is 2. The van der Waals surface area contributed by atoms with Gasteiger partial charge in [0, 0.05) is 22.7 Å². The average Bonchev–Trinajstić information content (AvgIpc) is 3.39. The van der Waals surface area contributed by atoms with Crippen molar-refractivity contribution in [3.05, 3.63) is 91.0 Å². The molecule has 1 saturated carbocycles. The predicted octanol–water partition coefficient (Wildman–Crippen LogP) is 6.76. The molecule has 2 bridgehead atoms. The van der Waals surface area contributed by atoms with Crippen LogP contribution in [0.5, 0.6) is 5.75 Å². The highest BCUT2D eigenvalue weighted by Gasteiger charge is 2.35. The van der Waals surface area contributed by atoms with Crippen LogP contribution in [0.4, 0.5) is 22.7 Å². The number of nitrogens with one attached hydrogen (secondary N) is 2. The van der Waals surface area contributed by atoms with Gasteiger partial charge in [-0.05, 0) is 91.3 Å². The van der Waals surface area contributed by atoms with Gasteiger partial charge in [-0.15, -0.1) is 0 Å². The van der Waals surface area contributed by atoms with Crippen molar-refractivity contribution in [1.29, 1.82) is 0 Å². The zero-order chi connectivity index (χ0) is 19.5. The molecule has 5 rings (SSSR count). The number of para-hydroxylation sites is 1. The third-order valence-corrected chi connectivity index (χ3v) is 5.97. The van der Waals surface area contributed by atoms with E-state index < -0.39 is 0 Å². The molecule has 0 saturated heterocycles. The van der Waals surface area contributed by atoms with E-state index in [2.05, 4.69) is 83.4 Å². The van der Waals surface area contributed by atoms with Crippen LogP contribution in [0.3, 0.4) is 0 Å². The first kappa shape index (κ1) is 17.9. The molecule has 1 fully saturated rings. The lowest BCUT2D eigenvalue weighted by molar-refractivity contribution is 0.228. The second kappa shape index (κ2) is 8.04. The lowest BCUT2D eigenvalue weighted by Crippen LogP contribution is -2.16. The quantitative estimate of drug-likeness (QED) is 0.443. The molecule has 3 atom stereocenters. The molecule has 0 aromatic heterocycles. The van der Waals surface area contributed by atoms with Crippen molar-refractivity contribution < 1.29 is 4.74 Å². The Morgan fingerprint density at radius 2 is 1.24 bits per heavy atom. The SMILES string of the molecule is C1=CC2CC1CC2COc1ccc(Nc2ccc(Nc3ccccc3)cc2)cc1. The third kappa shape index (κ3) is 4.29. The number of ether oxygens (including phenoxy) is 1. The van der Waals surface area contributed by atoms with Gasteiger partial charge in [-0.1, -0.05) is 30.4 Å². The number of hydrogen-bond acceptors (Lipinski definition) is 3. The Bertz CT molecular complexity index is 964. The Labute approximate surface area is 172 Å². The van der Waals surface area contributed by atoms with Crippen molar-refractivity contribution in [2.24, 2.45) is 17.8 Å². The normalized spacial score (nSPS) is 21.9. The highest BCUT2D eigenvalue weighted by Crippen LogP contribution is 2.43. The molecule has 3 heteroatoms. The van der Waals surface area contributed by atoms with Gasteiger partial charge in [0.2, 0.25) is 0 Å². The van der Waals surface area contributed by atoms with Crippen LogP contribution in [0.2, 0.25) is 0 Å². The highest BCUT2D eigenvalue weighted by molar-refractivity contribution is 5.66. The van der Waals surface area contributed by atoms with E-state index in [1.807, 2.05) is 18.2 Å². The number of benzene rings is 3. The van der Waals surface area contributed by atoms with Gasteiger partial charge >= 0.3 is 0 Å². The first-order valence-corrected chi connectivity index (χ1v) is 10.4. The summed E-state index contributed by atoms with van der Waals surface area (Å²) in [5.74, 6) is 3.17. The number of rotatable bonds is 7. The van der Waals surface area contributed by atoms with E-state index in [1.165, 1.54) is 12.8 Å². The maximum Gasteiger partial charge on any atom is 0.119 e. The van der Waals surface area contributed by atoms with Crippen LogP contribution >= 0.6 is 0 Å². The average molecular weight is 383 g/mol. The fourth-order valence-corrected chi connectivity index (χ4v) is 4.42. The highest BCUT2D eigenvalue weighted by atomic mass is 16.5. The topological polar surface area (TPSA) is 33.3 Å². The summed E-state index contributed by atoms with van der Waals surface area (Å²) >= 11 is 0. The van der Waals surface area contributed by atoms with Gasteiger partial charge in [0.05, 0.1) is 6.61 Å². The van der Waals surface area contributed by atoms with E-state index in [0.717, 1.165) is 46.9 Å². The van der Waals surface area contributed by atoms with Crippen LogP contribution in [0, 0.1) is 17.8 Å². The smallest absolute Gasteiger partial charge is 0.119 e. The first-order valence-electron chi connectivity index (χ1n) is 10.4. The van der Waals surface area contributed by atoms with Crippen LogP contribution in [-0.2, 0) is 0 Å². The van der Waals surface area contributed by atoms with Crippen LogP contribution in [0.15, 0.2) is 91.0 Å². The Hall–Kier alpha value is -3.20. The maximum atomic E-state index is 6.05. The number of allylic oxidation sites excluding steroid dienone is 2. The lowest BCUT2D eigenvalue weighted by atomic mass is 9.95. The largest absolute Gasteiger partial charge is 0.493 e. The van der Waals surface area contributed by atoms with E-state index in [-0.39, 0.29) is 0 Å². The van der Waals surface area contributed by atoms with Crippen molar-refractivity contribution in [3.63, 3.8) is 0 Å². The lowest BCUT2D eigenvalue weighted by Gasteiger charge is -2.18. The summed E-state index contributed by atoms with van der Waals surface area (Å²) in [6, 6.07) is 26.8. The molecule has 29 heavy (non-hydrogen) atoms. The summed E-state index contributed by atoms with van der Waals surface area (Å²) in [4.78, 5) is 0. The number of anilines is 4. The van der Waals surface area contributed by atoms with Gasteiger partial charge in [0.15, 0.2) is 0 Å². The predicted molar refractivity (Wildman–Crippen MR) is 120 cm³/mol. The zero-order valence-corrected chi connectivity index (χ0v) is 16.4. The van der Waals surface area contributed by atoms with E-state index in [4.69, 9.17) is 4.74 Å². The molecule has 2 aliphatic carbocycles. The second-order valence-corrected chi connectivity index (χ2v) is 8.07. The fourth-order valence-electron chi connectivity index (χ4n) is 4.42. The Balaban J connectivity index is 1.14. The van der Waals surface area contributed by atoms with Crippen molar-refractivity contribution in [2.45, 2.75) is 12.8 Å². The fraction of sp³-hybridized carbons (Fsp3) is 0.231. The van der Waals surface area contributed by atoms with E-state index in [9.17, 15) is 0 Å². The molecule has 0 heterocycles. The maximum absolute atomic E-state index is 6.05. The molecule has 3 aromatic carbocycles. The standard InChI is InChI=1S/C26H26N2O/c1-2-4-22(5-3-1)27-23-8-10-24(11-9-23)28-25-12-14-26(15-13-25)29-18-21-17-19-6-7-20(21)16-19/h1-15,19-21,27-28H,16-18H2. The molecule has 2 aliphatic rings. The van der Waals surface area contributed by atoms with Crippen LogP contribution in [0.25, 0.3) is 0 Å². The summed E-state index contributed by atoms with van der Waals surface area (Å²) in [6.07, 6.45) is 7.38. The Kier molecular flexibility index (Phi) is 4.95. The summed E-state index contributed by atoms with van der Waals surface area (Å²) < 4.78 is 6.05. The molecular weight excluding hydrogens is 356 g/mol. The minimum atomic E-state index is 0.686. The van der Waals surface area contributed by atoms with Crippen LogP contribution in [-0.4, -0.2) is 6.61 Å². The van der Waals surface area contributed by atoms with Gasteiger partial charge in [-0.3, -0.25) is 0 Å². The monoisotopic (exact) mass is 382 g/mol. The van der Waals surface area contributed by atoms with Gasteiger partial charge in [0.1, 0.15) is 5.75 Å². The molecule has 0 spiro atoms. The minimum Gasteiger partial charge on any atom is -0.493 e. The van der Waals surface area contributed by atoms with Crippen LogP contribution in [0.1, 0.15) is 12.8 Å². The zero-order valence-electron chi connectivity index (χ0n) is 16.4. The van der Waals surface area contributed by atoms with E-state index in [0.29, 0.717) is 5.92 Å². The van der Waals surface area contributed by atoms with Gasteiger partial charge in [-0.25, -0.2) is 0 Å². The molecular formula is C26H26N2O. The van der Waals surface area contributed by atoms with Crippen molar-refractivity contribution in [1.82, 2.24) is 0 Å². The molecule has 3 unspecified atom stereocenters. The number of hydrogen-bond donors (Lipinski definition) is 2. The van der Waals surface area contributed by atoms with Crippen molar-refractivity contribution >= 4 is 22.7 Å². The van der Waals surface area contributed by atoms with Gasteiger partial charge < -0.3 is 15.4 Å². The molecule has 0 amide bonds. The summed E-state index contributed by atoms with van der Waals surface area (Å²) in [6.45, 7) is 0.828. The molecule has 3 aromatic rings. The first-order chi connectivity index (χ1) is 14.3. The third-order valence-electron chi connectivity index (χ3n) is 5.97. The van der Waals surface area contributed by atoms with E-state index >= 15 is 0 Å². The second-order valence-electron chi connectivity index (χ2n) is 8.07. The molecule has 146 valence electrons. The minimum absolute atomic E-state index is 0.686. The summed E-state index contributed by atoms with van der Waals surface area (Å²) in [5.41, 5.74) is 4.28. The molecule has 3 nitrogen and oxygen atoms in total. The van der Waals surface area contributed by atoms with Crippen molar-refractivity contribution in [2.75, 3.05) is 17.2 Å². The Morgan fingerprint density at radius 1 is 0.655 bits per heavy atom. The molecule has 2 N–H and O–H groups in total. The van der Waals surface area contributed by atoms with Crippen LogP contribution < -0.4 is 15.4 Å². The molecule has 0 radical (unpaired) electrons. The molecule has 0 aliphatic heterocycles. The summed E-state index contributed by atoms with van der Waals surface area (Å²) in [5, 5.41) is 6.85. The van der Waals surface area contributed by atoms with Gasteiger partial charge in [0.25, 0.3) is 0 Å². The summed E-state index contributed by atoms with van der Waals surface area (Å²) in [7, 11) is 0. The van der Waals surface area contributed by atoms with Gasteiger partial charge in [-0.2, -0.15) is 0 Å². The Morgan fingerprint density at radius 3 is 1.79 bits per heavy atom. The van der Waals surface area contributed by atoms with Crippen molar-refractivity contribution in [3.8, 4) is 5.75 Å².